The topological polar surface area (TPSA) is 101 Å². The Bertz CT molecular complexity index is 1830. The highest BCUT2D eigenvalue weighted by Gasteiger charge is 2.29. The summed E-state index contributed by atoms with van der Waals surface area (Å²) in [5.41, 5.74) is 4.39. The number of hydroxylamine groups is 2. The van der Waals surface area contributed by atoms with Gasteiger partial charge < -0.3 is 23.4 Å². The molecule has 0 atom stereocenters. The molecule has 2 aromatic carbocycles. The maximum Gasteiger partial charge on any atom is 0.357 e. The van der Waals surface area contributed by atoms with E-state index < -0.39 is 5.97 Å². The van der Waals surface area contributed by atoms with E-state index in [0.29, 0.717) is 53.9 Å². The number of rotatable bonds is 9. The molecule has 3 aromatic heterocycles. The predicted molar refractivity (Wildman–Crippen MR) is 165 cm³/mol. The van der Waals surface area contributed by atoms with Gasteiger partial charge in [-0.3, -0.25) is 0 Å². The molecular weight excluding hydrogens is 558 g/mol. The highest BCUT2D eigenvalue weighted by molar-refractivity contribution is 5.97. The molecule has 1 saturated heterocycles. The van der Waals surface area contributed by atoms with Crippen molar-refractivity contribution >= 4 is 34.0 Å². The minimum atomic E-state index is -0.439. The van der Waals surface area contributed by atoms with Crippen molar-refractivity contribution < 1.29 is 23.9 Å². The minimum absolute atomic E-state index is 0.308. The van der Waals surface area contributed by atoms with E-state index >= 15 is 0 Å². The van der Waals surface area contributed by atoms with Crippen molar-refractivity contribution in [3.8, 4) is 17.3 Å². The molecule has 226 valence electrons. The summed E-state index contributed by atoms with van der Waals surface area (Å²) in [7, 11) is 2.98. The standard InChI is InChI=1S/C34H35N5O5/c1-42-29-19-26(33(40)43-2)17-27-30(29)39(21-23-12-15-37(16-13-23)44-34(41)24-7-4-3-5-8-24)32(36-27)28-18-25-9-6-14-35-31(25)38(28)20-22-10-11-22/h3-9,14,17-19,22-23H,10-13,15-16,20-21H2,1-2H3. The molecule has 1 aliphatic carbocycles. The van der Waals surface area contributed by atoms with Crippen LogP contribution in [0.15, 0.2) is 66.9 Å². The van der Waals surface area contributed by atoms with E-state index in [1.807, 2.05) is 30.5 Å². The molecule has 0 unspecified atom stereocenters. The monoisotopic (exact) mass is 593 g/mol. The lowest BCUT2D eigenvalue weighted by molar-refractivity contribution is -0.126. The largest absolute Gasteiger partial charge is 0.494 e. The van der Waals surface area contributed by atoms with E-state index in [0.717, 1.165) is 47.5 Å². The first-order valence-corrected chi connectivity index (χ1v) is 15.2. The first-order valence-electron chi connectivity index (χ1n) is 15.2. The van der Waals surface area contributed by atoms with E-state index in [9.17, 15) is 9.59 Å². The summed E-state index contributed by atoms with van der Waals surface area (Å²) in [5.74, 6) is 1.55. The summed E-state index contributed by atoms with van der Waals surface area (Å²) in [6, 6.07) is 18.8. The lowest BCUT2D eigenvalue weighted by Crippen LogP contribution is -2.36. The van der Waals surface area contributed by atoms with Gasteiger partial charge in [-0.25, -0.2) is 19.6 Å². The van der Waals surface area contributed by atoms with Crippen LogP contribution in [0.2, 0.25) is 0 Å². The van der Waals surface area contributed by atoms with E-state index in [1.54, 1.807) is 36.4 Å². The fraction of sp³-hybridized carbons (Fsp3) is 0.353. The fourth-order valence-corrected chi connectivity index (χ4v) is 6.20. The van der Waals surface area contributed by atoms with Gasteiger partial charge in [0.15, 0.2) is 5.82 Å². The molecule has 10 heteroatoms. The number of esters is 1. The number of piperidine rings is 1. The third-order valence-electron chi connectivity index (χ3n) is 8.71. The van der Waals surface area contributed by atoms with Crippen molar-refractivity contribution in [1.29, 1.82) is 0 Å². The Labute approximate surface area is 255 Å². The van der Waals surface area contributed by atoms with Crippen molar-refractivity contribution in [3.63, 3.8) is 0 Å². The highest BCUT2D eigenvalue weighted by Crippen LogP contribution is 2.39. The molecule has 2 fully saturated rings. The average molecular weight is 594 g/mol. The van der Waals surface area contributed by atoms with E-state index in [2.05, 4.69) is 21.3 Å². The van der Waals surface area contributed by atoms with Crippen molar-refractivity contribution in [3.05, 3.63) is 78.0 Å². The van der Waals surface area contributed by atoms with Crippen molar-refractivity contribution in [1.82, 2.24) is 24.2 Å². The van der Waals surface area contributed by atoms with E-state index in [1.165, 1.54) is 20.0 Å². The minimum Gasteiger partial charge on any atom is -0.494 e. The van der Waals surface area contributed by atoms with Gasteiger partial charge in [-0.1, -0.05) is 18.2 Å². The zero-order chi connectivity index (χ0) is 30.2. The number of carbonyl (C=O) groups is 2. The van der Waals surface area contributed by atoms with Crippen molar-refractivity contribution in [2.45, 2.75) is 38.8 Å². The number of hydrogen-bond acceptors (Lipinski definition) is 8. The number of benzene rings is 2. The van der Waals surface area contributed by atoms with E-state index in [4.69, 9.17) is 24.3 Å². The lowest BCUT2D eigenvalue weighted by atomic mass is 9.97. The van der Waals surface area contributed by atoms with Gasteiger partial charge >= 0.3 is 11.9 Å². The molecule has 0 spiro atoms. The molecule has 1 aliphatic heterocycles. The van der Waals surface area contributed by atoms with Gasteiger partial charge in [0.1, 0.15) is 16.9 Å². The molecule has 0 N–H and O–H groups in total. The second-order valence-corrected chi connectivity index (χ2v) is 11.7. The van der Waals surface area contributed by atoms with Crippen LogP contribution in [-0.2, 0) is 22.7 Å². The van der Waals surface area contributed by atoms with Crippen LogP contribution in [0.5, 0.6) is 5.75 Å². The molecule has 0 radical (unpaired) electrons. The maximum atomic E-state index is 12.6. The van der Waals surface area contributed by atoms with Crippen LogP contribution in [0.1, 0.15) is 46.4 Å². The second-order valence-electron chi connectivity index (χ2n) is 11.7. The Hall–Kier alpha value is -4.70. The smallest absolute Gasteiger partial charge is 0.357 e. The molecule has 5 aromatic rings. The molecule has 0 amide bonds. The van der Waals surface area contributed by atoms with Crippen LogP contribution in [0.4, 0.5) is 0 Å². The first-order chi connectivity index (χ1) is 21.5. The van der Waals surface area contributed by atoms with Crippen molar-refractivity contribution in [2.24, 2.45) is 11.8 Å². The van der Waals surface area contributed by atoms with Gasteiger partial charge in [0.25, 0.3) is 0 Å². The number of ether oxygens (including phenoxy) is 2. The third kappa shape index (κ3) is 5.41. The number of pyridine rings is 1. The number of hydrogen-bond donors (Lipinski definition) is 0. The average Bonchev–Trinajstić information content (AvgIpc) is 3.72. The summed E-state index contributed by atoms with van der Waals surface area (Å²) < 4.78 is 15.4. The van der Waals surface area contributed by atoms with Gasteiger partial charge in [0.2, 0.25) is 0 Å². The Morgan fingerprint density at radius 1 is 0.841 bits per heavy atom. The predicted octanol–water partition coefficient (Wildman–Crippen LogP) is 5.74. The van der Waals surface area contributed by atoms with Crippen LogP contribution >= 0.6 is 0 Å². The highest BCUT2D eigenvalue weighted by atomic mass is 16.7. The van der Waals surface area contributed by atoms with E-state index in [-0.39, 0.29) is 5.97 Å². The molecule has 4 heterocycles. The molecule has 2 aliphatic rings. The van der Waals surface area contributed by atoms with Crippen LogP contribution in [0, 0.1) is 11.8 Å². The quantitative estimate of drug-likeness (QED) is 0.200. The Balaban J connectivity index is 1.24. The van der Waals surface area contributed by atoms with Crippen LogP contribution in [0.25, 0.3) is 33.6 Å². The fourth-order valence-electron chi connectivity index (χ4n) is 6.20. The molecule has 0 bridgehead atoms. The normalized spacial score (nSPS) is 16.0. The Morgan fingerprint density at radius 3 is 2.32 bits per heavy atom. The lowest BCUT2D eigenvalue weighted by Gasteiger charge is -2.31. The molecule has 44 heavy (non-hydrogen) atoms. The number of carbonyl (C=O) groups excluding carboxylic acids is 2. The number of fused-ring (bicyclic) bond motifs is 2. The van der Waals surface area contributed by atoms with Gasteiger partial charge in [-0.15, -0.1) is 5.06 Å². The third-order valence-corrected chi connectivity index (χ3v) is 8.71. The number of nitrogens with zero attached hydrogens (tertiary/aromatic N) is 5. The van der Waals surface area contributed by atoms with Gasteiger partial charge in [0.05, 0.1) is 36.6 Å². The SMILES string of the molecule is COC(=O)c1cc(OC)c2c(c1)nc(-c1cc3cccnc3n1CC1CC1)n2CC1CCN(OC(=O)c2ccccc2)CC1. The second kappa shape index (κ2) is 11.8. The van der Waals surface area contributed by atoms with Gasteiger partial charge in [0, 0.05) is 37.8 Å². The molecule has 1 saturated carbocycles. The number of aromatic nitrogens is 4. The Kier molecular flexibility index (Phi) is 7.51. The summed E-state index contributed by atoms with van der Waals surface area (Å²) in [5, 5.41) is 2.83. The zero-order valence-corrected chi connectivity index (χ0v) is 24.9. The summed E-state index contributed by atoms with van der Waals surface area (Å²) in [4.78, 5) is 40.7. The molecular formula is C34H35N5O5. The Morgan fingerprint density at radius 2 is 1.59 bits per heavy atom. The number of methoxy groups -OCH3 is 2. The van der Waals surface area contributed by atoms with Crippen LogP contribution < -0.4 is 4.74 Å². The summed E-state index contributed by atoms with van der Waals surface area (Å²) >= 11 is 0. The van der Waals surface area contributed by atoms with Crippen LogP contribution in [0.3, 0.4) is 0 Å². The molecule has 7 rings (SSSR count). The zero-order valence-electron chi connectivity index (χ0n) is 24.9. The first kappa shape index (κ1) is 28.1. The summed E-state index contributed by atoms with van der Waals surface area (Å²) in [6.07, 6.45) is 5.95. The number of imidazole rings is 1. The molecule has 10 nitrogen and oxygen atoms in total. The van der Waals surface area contributed by atoms with Crippen LogP contribution in [-0.4, -0.2) is 63.4 Å². The van der Waals surface area contributed by atoms with Gasteiger partial charge in [-0.05, 0) is 80.0 Å². The maximum absolute atomic E-state index is 12.6. The van der Waals surface area contributed by atoms with Crippen molar-refractivity contribution in [2.75, 3.05) is 27.3 Å². The summed E-state index contributed by atoms with van der Waals surface area (Å²) in [6.45, 7) is 2.86. The van der Waals surface area contributed by atoms with Gasteiger partial charge in [-0.2, -0.15) is 0 Å².